The van der Waals surface area contributed by atoms with E-state index in [0.29, 0.717) is 16.7 Å². The van der Waals surface area contributed by atoms with Crippen LogP contribution in [0.2, 0.25) is 5.15 Å². The van der Waals surface area contributed by atoms with Crippen molar-refractivity contribution in [2.45, 2.75) is 19.9 Å². The molecule has 0 aliphatic heterocycles. The fourth-order valence-electron chi connectivity index (χ4n) is 2.44. The Labute approximate surface area is 136 Å². The van der Waals surface area contributed by atoms with Gasteiger partial charge in [-0.15, -0.1) is 0 Å². The molecule has 0 bridgehead atoms. The lowest BCUT2D eigenvalue weighted by Crippen LogP contribution is -2.12. The van der Waals surface area contributed by atoms with Crippen molar-refractivity contribution < 1.29 is 0 Å². The van der Waals surface area contributed by atoms with E-state index in [9.17, 15) is 0 Å². The van der Waals surface area contributed by atoms with E-state index in [2.05, 4.69) is 30.4 Å². The van der Waals surface area contributed by atoms with Crippen LogP contribution in [0.3, 0.4) is 0 Å². The molecule has 0 amide bonds. The molecule has 4 heterocycles. The summed E-state index contributed by atoms with van der Waals surface area (Å²) in [5.41, 5.74) is 3.16. The van der Waals surface area contributed by atoms with Gasteiger partial charge >= 0.3 is 0 Å². The molecule has 0 atom stereocenters. The highest BCUT2D eigenvalue weighted by atomic mass is 35.5. The predicted molar refractivity (Wildman–Crippen MR) is 89.6 cm³/mol. The molecule has 0 aromatic carbocycles. The molecule has 4 rings (SSSR count). The summed E-state index contributed by atoms with van der Waals surface area (Å²) in [4.78, 5) is 16.2. The molecule has 0 fully saturated rings. The number of anilines is 1. The maximum Gasteiger partial charge on any atom is 0.224 e. The van der Waals surface area contributed by atoms with Gasteiger partial charge in [-0.05, 0) is 26.0 Å². The van der Waals surface area contributed by atoms with E-state index in [0.717, 1.165) is 22.3 Å². The standard InChI is InChI=1S/C15H14ClN7/c1-8(2)20-15-19-6-10-9(5-18-14(10)21-15)11-3-4-13-17-7-12(16)23(13)22-11/h3-8H,1-2H3,(H2,18,19,20,21). The first-order valence-electron chi connectivity index (χ1n) is 7.23. The van der Waals surface area contributed by atoms with Crippen molar-refractivity contribution in [3.05, 3.63) is 35.9 Å². The number of aromatic nitrogens is 6. The lowest BCUT2D eigenvalue weighted by atomic mass is 10.2. The smallest absolute Gasteiger partial charge is 0.224 e. The molecule has 4 aromatic rings. The third-order valence-corrected chi connectivity index (χ3v) is 3.70. The molecule has 8 heteroatoms. The highest BCUT2D eigenvalue weighted by Crippen LogP contribution is 2.27. The Kier molecular flexibility index (Phi) is 3.16. The number of imidazole rings is 1. The number of nitrogens with zero attached hydrogens (tertiary/aromatic N) is 5. The van der Waals surface area contributed by atoms with Gasteiger partial charge in [0.25, 0.3) is 0 Å². The number of hydrogen-bond acceptors (Lipinski definition) is 5. The van der Waals surface area contributed by atoms with Crippen molar-refractivity contribution in [3.8, 4) is 11.3 Å². The minimum absolute atomic E-state index is 0.273. The number of fused-ring (bicyclic) bond motifs is 2. The third-order valence-electron chi connectivity index (χ3n) is 3.45. The van der Waals surface area contributed by atoms with E-state index < -0.39 is 0 Å². The SMILES string of the molecule is CC(C)Nc1ncc2c(-c3ccc4ncc(Cl)n4n3)c[nH]c2n1. The summed E-state index contributed by atoms with van der Waals surface area (Å²) in [5, 5.41) is 9.09. The van der Waals surface area contributed by atoms with Crippen molar-refractivity contribution in [2.24, 2.45) is 0 Å². The molecule has 23 heavy (non-hydrogen) atoms. The summed E-state index contributed by atoms with van der Waals surface area (Å²) in [6, 6.07) is 4.05. The van der Waals surface area contributed by atoms with Crippen LogP contribution in [0.4, 0.5) is 5.95 Å². The van der Waals surface area contributed by atoms with E-state index in [-0.39, 0.29) is 6.04 Å². The Morgan fingerprint density at radius 3 is 2.91 bits per heavy atom. The van der Waals surface area contributed by atoms with Gasteiger partial charge in [-0.2, -0.15) is 10.1 Å². The number of hydrogen-bond donors (Lipinski definition) is 2. The molecule has 0 saturated heterocycles. The zero-order valence-corrected chi connectivity index (χ0v) is 13.3. The molecule has 0 aliphatic carbocycles. The average Bonchev–Trinajstić information content (AvgIpc) is 3.10. The molecular formula is C15H14ClN7. The number of aromatic amines is 1. The number of rotatable bonds is 3. The fraction of sp³-hybridized carbons (Fsp3) is 0.200. The summed E-state index contributed by atoms with van der Waals surface area (Å²) in [6.45, 7) is 4.09. The first-order valence-corrected chi connectivity index (χ1v) is 7.61. The van der Waals surface area contributed by atoms with Crippen LogP contribution in [-0.4, -0.2) is 35.6 Å². The minimum Gasteiger partial charge on any atom is -0.352 e. The normalized spacial score (nSPS) is 11.7. The Morgan fingerprint density at radius 2 is 2.09 bits per heavy atom. The van der Waals surface area contributed by atoms with Gasteiger partial charge in [0.05, 0.1) is 11.9 Å². The lowest BCUT2D eigenvalue weighted by molar-refractivity contribution is 0.877. The van der Waals surface area contributed by atoms with Crippen molar-refractivity contribution in [3.63, 3.8) is 0 Å². The first-order chi connectivity index (χ1) is 11.1. The topological polar surface area (TPSA) is 83.8 Å². The van der Waals surface area contributed by atoms with E-state index in [4.69, 9.17) is 11.6 Å². The van der Waals surface area contributed by atoms with E-state index in [1.165, 1.54) is 0 Å². The summed E-state index contributed by atoms with van der Waals surface area (Å²) in [7, 11) is 0. The Morgan fingerprint density at radius 1 is 1.22 bits per heavy atom. The zero-order chi connectivity index (χ0) is 16.0. The van der Waals surface area contributed by atoms with Gasteiger partial charge in [-0.1, -0.05) is 11.6 Å². The van der Waals surface area contributed by atoms with Crippen molar-refractivity contribution >= 4 is 34.2 Å². The van der Waals surface area contributed by atoms with Crippen LogP contribution in [0, 0.1) is 0 Å². The van der Waals surface area contributed by atoms with Crippen LogP contribution in [0.25, 0.3) is 27.9 Å². The van der Waals surface area contributed by atoms with Gasteiger partial charge in [-0.3, -0.25) is 0 Å². The largest absolute Gasteiger partial charge is 0.352 e. The van der Waals surface area contributed by atoms with Crippen LogP contribution in [0.5, 0.6) is 0 Å². The second kappa shape index (κ2) is 5.20. The molecular weight excluding hydrogens is 314 g/mol. The molecule has 4 aromatic heterocycles. The third kappa shape index (κ3) is 2.39. The van der Waals surface area contributed by atoms with E-state index >= 15 is 0 Å². The van der Waals surface area contributed by atoms with Gasteiger partial charge in [0.2, 0.25) is 5.95 Å². The van der Waals surface area contributed by atoms with Crippen LogP contribution < -0.4 is 5.32 Å². The summed E-state index contributed by atoms with van der Waals surface area (Å²) in [5.74, 6) is 0.599. The minimum atomic E-state index is 0.273. The van der Waals surface area contributed by atoms with E-state index in [1.807, 2.05) is 32.2 Å². The zero-order valence-electron chi connectivity index (χ0n) is 12.6. The Bertz CT molecular complexity index is 1000. The van der Waals surface area contributed by atoms with Crippen molar-refractivity contribution in [1.29, 1.82) is 0 Å². The highest BCUT2D eigenvalue weighted by molar-refractivity contribution is 6.29. The van der Waals surface area contributed by atoms with Crippen LogP contribution in [0.1, 0.15) is 13.8 Å². The Balaban J connectivity index is 1.82. The van der Waals surface area contributed by atoms with Crippen molar-refractivity contribution in [2.75, 3.05) is 5.32 Å². The second-order valence-corrected chi connectivity index (χ2v) is 5.91. The molecule has 0 spiro atoms. The quantitative estimate of drug-likeness (QED) is 0.604. The van der Waals surface area contributed by atoms with Gasteiger partial charge in [0, 0.05) is 29.4 Å². The Hall–Kier alpha value is -2.67. The highest BCUT2D eigenvalue weighted by Gasteiger charge is 2.12. The second-order valence-electron chi connectivity index (χ2n) is 5.53. The molecule has 0 unspecified atom stereocenters. The molecule has 0 saturated carbocycles. The van der Waals surface area contributed by atoms with Crippen molar-refractivity contribution in [1.82, 2.24) is 29.5 Å². The molecule has 2 N–H and O–H groups in total. The predicted octanol–water partition coefficient (Wildman–Crippen LogP) is 3.14. The molecule has 0 aliphatic rings. The van der Waals surface area contributed by atoms with Crippen LogP contribution in [0.15, 0.2) is 30.7 Å². The number of H-pyrrole nitrogens is 1. The summed E-state index contributed by atoms with van der Waals surface area (Å²) < 4.78 is 1.60. The molecule has 116 valence electrons. The maximum absolute atomic E-state index is 6.09. The lowest BCUT2D eigenvalue weighted by Gasteiger charge is -2.07. The maximum atomic E-state index is 6.09. The van der Waals surface area contributed by atoms with Gasteiger partial charge in [-0.25, -0.2) is 14.5 Å². The fourth-order valence-corrected chi connectivity index (χ4v) is 2.61. The molecule has 0 radical (unpaired) electrons. The monoisotopic (exact) mass is 327 g/mol. The number of nitrogens with one attached hydrogen (secondary N) is 2. The van der Waals surface area contributed by atoms with Gasteiger partial charge < -0.3 is 10.3 Å². The van der Waals surface area contributed by atoms with Gasteiger partial charge in [0.15, 0.2) is 10.8 Å². The first kappa shape index (κ1) is 14.0. The number of halogens is 1. The van der Waals surface area contributed by atoms with Gasteiger partial charge in [0.1, 0.15) is 5.65 Å². The molecule has 7 nitrogen and oxygen atoms in total. The van der Waals surface area contributed by atoms with Crippen LogP contribution >= 0.6 is 11.6 Å². The summed E-state index contributed by atoms with van der Waals surface area (Å²) >= 11 is 6.09. The van der Waals surface area contributed by atoms with Crippen LogP contribution in [-0.2, 0) is 0 Å². The summed E-state index contributed by atoms with van der Waals surface area (Å²) in [6.07, 6.45) is 5.24. The van der Waals surface area contributed by atoms with E-state index in [1.54, 1.807) is 16.9 Å². The average molecular weight is 328 g/mol.